The number of thiophene rings is 1. The van der Waals surface area contributed by atoms with E-state index < -0.39 is 6.61 Å². The van der Waals surface area contributed by atoms with E-state index in [1.807, 2.05) is 47.8 Å². The lowest BCUT2D eigenvalue weighted by Gasteiger charge is -2.19. The summed E-state index contributed by atoms with van der Waals surface area (Å²) in [5.74, 6) is -0.406. The second-order valence-corrected chi connectivity index (χ2v) is 6.56. The fourth-order valence-corrected chi connectivity index (χ4v) is 3.44. The monoisotopic (exact) mass is 389 g/mol. The van der Waals surface area contributed by atoms with Crippen molar-refractivity contribution in [2.24, 2.45) is 0 Å². The molecule has 2 aromatic carbocycles. The summed E-state index contributed by atoms with van der Waals surface area (Å²) in [5, 5.41) is 4.93. The van der Waals surface area contributed by atoms with Crippen LogP contribution in [0.25, 0.3) is 0 Å². The van der Waals surface area contributed by atoms with Gasteiger partial charge in [-0.15, -0.1) is 11.3 Å². The Morgan fingerprint density at radius 2 is 1.81 bits per heavy atom. The van der Waals surface area contributed by atoms with Gasteiger partial charge < -0.3 is 14.8 Å². The Bertz CT molecular complexity index is 886. The molecule has 0 fully saturated rings. The molecule has 4 nitrogen and oxygen atoms in total. The summed E-state index contributed by atoms with van der Waals surface area (Å²) >= 11 is 1.54. The van der Waals surface area contributed by atoms with Crippen LogP contribution < -0.4 is 14.8 Å². The van der Waals surface area contributed by atoms with Crippen molar-refractivity contribution in [3.05, 3.63) is 82.0 Å². The zero-order valence-electron chi connectivity index (χ0n) is 14.4. The maximum atomic E-state index is 12.8. The molecule has 0 saturated heterocycles. The molecule has 1 aromatic heterocycles. The van der Waals surface area contributed by atoms with Gasteiger partial charge in [-0.05, 0) is 35.2 Å². The summed E-state index contributed by atoms with van der Waals surface area (Å²) in [7, 11) is 1.33. The maximum absolute atomic E-state index is 12.8. The van der Waals surface area contributed by atoms with Crippen LogP contribution in [0.3, 0.4) is 0 Å². The van der Waals surface area contributed by atoms with Gasteiger partial charge in [0.25, 0.3) is 5.91 Å². The third-order valence-electron chi connectivity index (χ3n) is 3.88. The number of methoxy groups -OCH3 is 1. The van der Waals surface area contributed by atoms with Crippen LogP contribution in [0, 0.1) is 0 Å². The first-order valence-electron chi connectivity index (χ1n) is 8.10. The van der Waals surface area contributed by atoms with E-state index in [4.69, 9.17) is 4.74 Å². The molecule has 1 atom stereocenters. The first-order chi connectivity index (χ1) is 13.1. The van der Waals surface area contributed by atoms with Gasteiger partial charge in [0, 0.05) is 10.4 Å². The van der Waals surface area contributed by atoms with Gasteiger partial charge in [-0.25, -0.2) is 0 Å². The van der Waals surface area contributed by atoms with Gasteiger partial charge in [0.1, 0.15) is 0 Å². The summed E-state index contributed by atoms with van der Waals surface area (Å²) in [6.07, 6.45) is 0. The topological polar surface area (TPSA) is 47.6 Å². The second-order valence-electron chi connectivity index (χ2n) is 5.58. The Morgan fingerprint density at radius 1 is 1.04 bits per heavy atom. The number of halogens is 2. The number of benzene rings is 2. The molecule has 0 unspecified atom stereocenters. The highest BCUT2D eigenvalue weighted by Gasteiger charge is 2.20. The Balaban J connectivity index is 1.86. The van der Waals surface area contributed by atoms with Crippen molar-refractivity contribution < 1.29 is 23.0 Å². The fourth-order valence-electron chi connectivity index (χ4n) is 2.64. The molecular formula is C20H17F2NO3S. The van der Waals surface area contributed by atoms with Crippen LogP contribution in [-0.4, -0.2) is 19.6 Å². The van der Waals surface area contributed by atoms with Crippen molar-refractivity contribution >= 4 is 17.2 Å². The molecule has 27 heavy (non-hydrogen) atoms. The normalized spacial score (nSPS) is 11.9. The SMILES string of the molecule is COc1cc(C(=O)N[C@@H](c2ccccc2)c2cccs2)ccc1OC(F)F. The van der Waals surface area contributed by atoms with Crippen molar-refractivity contribution in [3.63, 3.8) is 0 Å². The second kappa shape index (κ2) is 8.64. The molecule has 0 radical (unpaired) electrons. The smallest absolute Gasteiger partial charge is 0.387 e. The van der Waals surface area contributed by atoms with Crippen LogP contribution in [0.1, 0.15) is 26.8 Å². The van der Waals surface area contributed by atoms with Gasteiger partial charge in [-0.3, -0.25) is 4.79 Å². The zero-order valence-corrected chi connectivity index (χ0v) is 15.2. The molecule has 3 rings (SSSR count). The minimum Gasteiger partial charge on any atom is -0.493 e. The predicted octanol–water partition coefficient (Wildman–Crippen LogP) is 4.88. The van der Waals surface area contributed by atoms with Crippen LogP contribution in [0.15, 0.2) is 66.0 Å². The van der Waals surface area contributed by atoms with Gasteiger partial charge in [0.05, 0.1) is 13.2 Å². The van der Waals surface area contributed by atoms with E-state index in [9.17, 15) is 13.6 Å². The minimum atomic E-state index is -2.97. The molecule has 1 amide bonds. The van der Waals surface area contributed by atoms with Gasteiger partial charge in [0.2, 0.25) is 0 Å². The Morgan fingerprint density at radius 3 is 2.44 bits per heavy atom. The van der Waals surface area contributed by atoms with Crippen LogP contribution in [0.4, 0.5) is 8.78 Å². The van der Waals surface area contributed by atoms with Crippen LogP contribution in [0.5, 0.6) is 11.5 Å². The van der Waals surface area contributed by atoms with E-state index in [2.05, 4.69) is 10.1 Å². The van der Waals surface area contributed by atoms with E-state index in [1.54, 1.807) is 0 Å². The van der Waals surface area contributed by atoms with Crippen LogP contribution in [-0.2, 0) is 0 Å². The first kappa shape index (κ1) is 18.8. The molecule has 1 heterocycles. The average molecular weight is 389 g/mol. The van der Waals surface area contributed by atoms with E-state index in [0.29, 0.717) is 0 Å². The summed E-state index contributed by atoms with van der Waals surface area (Å²) in [6.45, 7) is -2.97. The van der Waals surface area contributed by atoms with Gasteiger partial charge in [-0.1, -0.05) is 36.4 Å². The summed E-state index contributed by atoms with van der Waals surface area (Å²) < 4.78 is 34.4. The van der Waals surface area contributed by atoms with Crippen molar-refractivity contribution in [1.29, 1.82) is 0 Å². The highest BCUT2D eigenvalue weighted by molar-refractivity contribution is 7.10. The molecule has 140 valence electrons. The number of hydrogen-bond donors (Lipinski definition) is 1. The molecule has 7 heteroatoms. The predicted molar refractivity (Wildman–Crippen MR) is 99.7 cm³/mol. The van der Waals surface area contributed by atoms with Crippen molar-refractivity contribution in [1.82, 2.24) is 5.32 Å². The fraction of sp³-hybridized carbons (Fsp3) is 0.150. The lowest BCUT2D eigenvalue weighted by atomic mass is 10.0. The molecule has 3 aromatic rings. The van der Waals surface area contributed by atoms with E-state index in [1.165, 1.54) is 36.6 Å². The van der Waals surface area contributed by atoms with Crippen molar-refractivity contribution in [3.8, 4) is 11.5 Å². The van der Waals surface area contributed by atoms with Crippen molar-refractivity contribution in [2.45, 2.75) is 12.7 Å². The lowest BCUT2D eigenvalue weighted by Crippen LogP contribution is -2.28. The van der Waals surface area contributed by atoms with E-state index in [-0.39, 0.29) is 29.0 Å². The number of amides is 1. The number of carbonyl (C=O) groups excluding carboxylic acids is 1. The Labute approximate surface area is 159 Å². The quantitative estimate of drug-likeness (QED) is 0.627. The van der Waals surface area contributed by atoms with Crippen molar-refractivity contribution in [2.75, 3.05) is 7.11 Å². The van der Waals surface area contributed by atoms with E-state index in [0.717, 1.165) is 10.4 Å². The van der Waals surface area contributed by atoms with Gasteiger partial charge in [0.15, 0.2) is 11.5 Å². The van der Waals surface area contributed by atoms with Crippen LogP contribution >= 0.6 is 11.3 Å². The highest BCUT2D eigenvalue weighted by Crippen LogP contribution is 2.30. The summed E-state index contributed by atoms with van der Waals surface area (Å²) in [5.41, 5.74) is 1.23. The number of alkyl halides is 2. The lowest BCUT2D eigenvalue weighted by molar-refractivity contribution is -0.0512. The molecular weight excluding hydrogens is 372 g/mol. The molecule has 0 spiro atoms. The number of nitrogens with one attached hydrogen (secondary N) is 1. The number of ether oxygens (including phenoxy) is 2. The molecule has 0 bridgehead atoms. The minimum absolute atomic E-state index is 0.0651. The maximum Gasteiger partial charge on any atom is 0.387 e. The average Bonchev–Trinajstić information content (AvgIpc) is 3.21. The third-order valence-corrected chi connectivity index (χ3v) is 4.82. The molecule has 0 aliphatic carbocycles. The zero-order chi connectivity index (χ0) is 19.2. The molecule has 0 aliphatic rings. The Hall–Kier alpha value is -2.93. The standard InChI is InChI=1S/C20H17F2NO3S/c1-25-16-12-14(9-10-15(16)26-20(21)22)19(24)23-18(17-8-5-11-27-17)13-6-3-2-4-7-13/h2-12,18,20H,1H3,(H,23,24)/t18-/m0/s1. The third kappa shape index (κ3) is 4.62. The molecule has 0 saturated carbocycles. The highest BCUT2D eigenvalue weighted by atomic mass is 32.1. The van der Waals surface area contributed by atoms with E-state index >= 15 is 0 Å². The Kier molecular flexibility index (Phi) is 6.03. The number of rotatable bonds is 7. The number of carbonyl (C=O) groups is 1. The molecule has 1 N–H and O–H groups in total. The summed E-state index contributed by atoms with van der Waals surface area (Å²) in [4.78, 5) is 13.8. The van der Waals surface area contributed by atoms with Crippen LogP contribution in [0.2, 0.25) is 0 Å². The largest absolute Gasteiger partial charge is 0.493 e. The number of hydrogen-bond acceptors (Lipinski definition) is 4. The molecule has 0 aliphatic heterocycles. The van der Waals surface area contributed by atoms with Gasteiger partial charge >= 0.3 is 6.61 Å². The van der Waals surface area contributed by atoms with Gasteiger partial charge in [-0.2, -0.15) is 8.78 Å². The first-order valence-corrected chi connectivity index (χ1v) is 8.98. The summed E-state index contributed by atoms with van der Waals surface area (Å²) in [6, 6.07) is 17.2.